The van der Waals surface area contributed by atoms with Crippen molar-refractivity contribution in [1.29, 1.82) is 0 Å². The van der Waals surface area contributed by atoms with Gasteiger partial charge in [0, 0.05) is 30.0 Å². The maximum absolute atomic E-state index is 12.8. The van der Waals surface area contributed by atoms with Crippen molar-refractivity contribution in [3.8, 4) is 5.75 Å². The molecule has 1 saturated heterocycles. The Balaban J connectivity index is 1.64. The third-order valence-electron chi connectivity index (χ3n) is 4.97. The summed E-state index contributed by atoms with van der Waals surface area (Å²) >= 11 is 5.93. The van der Waals surface area contributed by atoms with E-state index in [2.05, 4.69) is 0 Å². The van der Waals surface area contributed by atoms with Gasteiger partial charge < -0.3 is 19.8 Å². The van der Waals surface area contributed by atoms with Crippen molar-refractivity contribution in [2.24, 2.45) is 0 Å². The molecule has 1 aliphatic heterocycles. The first-order valence-electron chi connectivity index (χ1n) is 9.76. The molecule has 158 valence electrons. The number of likely N-dealkylation sites (tertiary alicyclic amines) is 1. The number of carbonyl (C=O) groups is 2. The van der Waals surface area contributed by atoms with Gasteiger partial charge in [-0.1, -0.05) is 41.9 Å². The number of hydrogen-bond acceptors (Lipinski definition) is 5. The predicted molar refractivity (Wildman–Crippen MR) is 113 cm³/mol. The molecule has 30 heavy (non-hydrogen) atoms. The molecule has 0 saturated carbocycles. The van der Waals surface area contributed by atoms with Crippen LogP contribution in [0.1, 0.15) is 36.6 Å². The summed E-state index contributed by atoms with van der Waals surface area (Å²) in [6.45, 7) is 2.29. The smallest absolute Gasteiger partial charge is 0.263 e. The van der Waals surface area contributed by atoms with E-state index in [0.717, 1.165) is 5.56 Å². The Hall–Kier alpha value is -2.83. The highest BCUT2D eigenvalue weighted by atomic mass is 35.5. The second-order valence-electron chi connectivity index (χ2n) is 7.14. The minimum Gasteiger partial charge on any atom is -0.511 e. The van der Waals surface area contributed by atoms with Crippen molar-refractivity contribution in [3.63, 3.8) is 0 Å². The largest absolute Gasteiger partial charge is 0.511 e. The number of aliphatic hydroxyl groups excluding tert-OH is 2. The summed E-state index contributed by atoms with van der Waals surface area (Å²) in [5.74, 6) is -0.655. The average molecular weight is 430 g/mol. The van der Waals surface area contributed by atoms with E-state index in [9.17, 15) is 19.8 Å². The first-order valence-corrected chi connectivity index (χ1v) is 10.1. The van der Waals surface area contributed by atoms with Crippen molar-refractivity contribution in [3.05, 3.63) is 76.0 Å². The Morgan fingerprint density at radius 3 is 2.63 bits per heavy atom. The van der Waals surface area contributed by atoms with E-state index >= 15 is 0 Å². The summed E-state index contributed by atoms with van der Waals surface area (Å²) in [5, 5.41) is 21.6. The summed E-state index contributed by atoms with van der Waals surface area (Å²) in [4.78, 5) is 26.3. The molecule has 1 unspecified atom stereocenters. The molecule has 0 aromatic heterocycles. The van der Waals surface area contributed by atoms with Crippen LogP contribution in [0, 0.1) is 6.92 Å². The Morgan fingerprint density at radius 1 is 1.20 bits per heavy atom. The molecular weight excluding hydrogens is 406 g/mol. The fraction of sp³-hybridized carbons (Fsp3) is 0.304. The zero-order chi connectivity index (χ0) is 21.7. The molecule has 2 aromatic rings. The number of halogens is 1. The van der Waals surface area contributed by atoms with E-state index in [-0.39, 0.29) is 30.7 Å². The highest BCUT2D eigenvalue weighted by Gasteiger charge is 2.36. The Labute approximate surface area is 180 Å². The summed E-state index contributed by atoms with van der Waals surface area (Å²) in [6.07, 6.45) is -0.588. The monoisotopic (exact) mass is 429 g/mol. The number of aryl methyl sites for hydroxylation is 1. The molecule has 0 aliphatic carbocycles. The lowest BCUT2D eigenvalue weighted by atomic mass is 9.98. The lowest BCUT2D eigenvalue weighted by Gasteiger charge is -2.32. The third-order valence-corrected chi connectivity index (χ3v) is 5.20. The second-order valence-corrected chi connectivity index (χ2v) is 7.58. The summed E-state index contributed by atoms with van der Waals surface area (Å²) < 4.78 is 5.69. The zero-order valence-corrected chi connectivity index (χ0v) is 17.4. The van der Waals surface area contributed by atoms with Gasteiger partial charge in [0.15, 0.2) is 12.0 Å². The van der Waals surface area contributed by atoms with Crippen molar-refractivity contribution < 1.29 is 24.5 Å². The number of benzene rings is 2. The third kappa shape index (κ3) is 5.01. The van der Waals surface area contributed by atoms with Gasteiger partial charge in [-0.25, -0.2) is 0 Å². The van der Waals surface area contributed by atoms with Crippen molar-refractivity contribution >= 4 is 23.3 Å². The maximum Gasteiger partial charge on any atom is 0.263 e. The van der Waals surface area contributed by atoms with Crippen molar-refractivity contribution in [1.82, 2.24) is 4.90 Å². The summed E-state index contributed by atoms with van der Waals surface area (Å²) in [7, 11) is 0. The Kier molecular flexibility index (Phi) is 7.13. The number of ether oxygens (including phenoxy) is 1. The van der Waals surface area contributed by atoms with Crippen LogP contribution in [-0.2, 0) is 9.59 Å². The summed E-state index contributed by atoms with van der Waals surface area (Å²) in [5.41, 5.74) is 1.19. The molecule has 0 radical (unpaired) electrons. The molecule has 1 amide bonds. The van der Waals surface area contributed by atoms with E-state index in [4.69, 9.17) is 16.3 Å². The first-order chi connectivity index (χ1) is 14.4. The van der Waals surface area contributed by atoms with Crippen LogP contribution in [0.2, 0.25) is 5.02 Å². The minimum absolute atomic E-state index is 0.0511. The van der Waals surface area contributed by atoms with Gasteiger partial charge >= 0.3 is 0 Å². The van der Waals surface area contributed by atoms with Gasteiger partial charge in [-0.15, -0.1) is 0 Å². The van der Waals surface area contributed by atoms with Gasteiger partial charge in [0.25, 0.3) is 5.91 Å². The van der Waals surface area contributed by atoms with Crippen LogP contribution in [0.25, 0.3) is 0 Å². The molecule has 1 aliphatic rings. The number of aliphatic hydroxyl groups is 2. The highest BCUT2D eigenvalue weighted by Crippen LogP contribution is 2.27. The topological polar surface area (TPSA) is 87.1 Å². The van der Waals surface area contributed by atoms with Gasteiger partial charge in [-0.2, -0.15) is 0 Å². The van der Waals surface area contributed by atoms with E-state index in [1.54, 1.807) is 42.5 Å². The number of amides is 1. The molecule has 2 aromatic carbocycles. The predicted octanol–water partition coefficient (Wildman–Crippen LogP) is 4.11. The number of allylic oxidation sites excluding steroid dienone is 1. The SMILES string of the molecule is Cc1cc(Cl)ccc1OCCC/C(O)=C1\C(=O)CCN(C(O)c2ccccc2)C1=O. The van der Waals surface area contributed by atoms with Gasteiger partial charge in [-0.05, 0) is 37.1 Å². The van der Waals surface area contributed by atoms with Crippen molar-refractivity contribution in [2.75, 3.05) is 13.2 Å². The average Bonchev–Trinajstić information content (AvgIpc) is 2.73. The number of nitrogens with zero attached hydrogens (tertiary/aromatic N) is 1. The van der Waals surface area contributed by atoms with Crippen LogP contribution in [-0.4, -0.2) is 40.0 Å². The highest BCUT2D eigenvalue weighted by molar-refractivity contribution is 6.30. The van der Waals surface area contributed by atoms with E-state index < -0.39 is 17.9 Å². The second kappa shape index (κ2) is 9.78. The molecule has 0 bridgehead atoms. The number of piperidine rings is 1. The normalized spacial score (nSPS) is 17.1. The number of carbonyl (C=O) groups excluding carboxylic acids is 2. The quantitative estimate of drug-likeness (QED) is 0.299. The Bertz CT molecular complexity index is 957. The summed E-state index contributed by atoms with van der Waals surface area (Å²) in [6, 6.07) is 14.0. The number of rotatable bonds is 7. The molecule has 3 rings (SSSR count). The molecule has 7 heteroatoms. The zero-order valence-electron chi connectivity index (χ0n) is 16.7. The van der Waals surface area contributed by atoms with Gasteiger partial charge in [0.05, 0.1) is 6.61 Å². The number of hydrogen-bond donors (Lipinski definition) is 2. The van der Waals surface area contributed by atoms with E-state index in [0.29, 0.717) is 29.4 Å². The van der Waals surface area contributed by atoms with Gasteiger partial charge in [-0.3, -0.25) is 9.59 Å². The fourth-order valence-electron chi connectivity index (χ4n) is 3.36. The van der Waals surface area contributed by atoms with Crippen LogP contribution in [0.5, 0.6) is 5.75 Å². The van der Waals surface area contributed by atoms with Crippen LogP contribution >= 0.6 is 11.6 Å². The van der Waals surface area contributed by atoms with E-state index in [1.165, 1.54) is 4.90 Å². The standard InChI is InChI=1S/C23H24ClNO5/c1-15-14-17(24)9-10-20(15)30-13-5-8-18(26)21-19(27)11-12-25(23(21)29)22(28)16-6-3-2-4-7-16/h2-4,6-7,9-10,14,22,26,28H,5,8,11-13H2,1H3/b21-18-. The first kappa shape index (κ1) is 21.9. The maximum atomic E-state index is 12.8. The molecule has 1 fully saturated rings. The molecule has 0 spiro atoms. The van der Waals surface area contributed by atoms with Gasteiger partial charge in [0.1, 0.15) is 17.1 Å². The van der Waals surface area contributed by atoms with Crippen LogP contribution in [0.4, 0.5) is 0 Å². The molecule has 1 heterocycles. The van der Waals surface area contributed by atoms with Crippen LogP contribution < -0.4 is 4.74 Å². The van der Waals surface area contributed by atoms with Crippen LogP contribution in [0.15, 0.2) is 59.9 Å². The minimum atomic E-state index is -1.18. The molecule has 6 nitrogen and oxygen atoms in total. The van der Waals surface area contributed by atoms with Crippen molar-refractivity contribution in [2.45, 2.75) is 32.4 Å². The van der Waals surface area contributed by atoms with E-state index in [1.807, 2.05) is 13.0 Å². The number of Topliss-reactive ketones (excluding diaryl/α,β-unsaturated/α-hetero) is 1. The number of ketones is 1. The molecule has 2 N–H and O–H groups in total. The van der Waals surface area contributed by atoms with Gasteiger partial charge in [0.2, 0.25) is 0 Å². The lowest BCUT2D eigenvalue weighted by molar-refractivity contribution is -0.143. The lowest BCUT2D eigenvalue weighted by Crippen LogP contribution is -2.43. The molecule has 1 atom stereocenters. The fourth-order valence-corrected chi connectivity index (χ4v) is 3.58. The molecular formula is C23H24ClNO5. The van der Waals surface area contributed by atoms with Crippen LogP contribution in [0.3, 0.4) is 0 Å². The Morgan fingerprint density at radius 2 is 1.93 bits per heavy atom.